The molecule has 0 radical (unpaired) electrons. The van der Waals surface area contributed by atoms with Crippen molar-refractivity contribution < 1.29 is 0 Å². The van der Waals surface area contributed by atoms with Crippen LogP contribution in [0.2, 0.25) is 0 Å². The highest BCUT2D eigenvalue weighted by molar-refractivity contribution is 6.23. The van der Waals surface area contributed by atoms with Crippen molar-refractivity contribution in [2.75, 3.05) is 5.88 Å². The van der Waals surface area contributed by atoms with Crippen molar-refractivity contribution in [3.63, 3.8) is 0 Å². The molecule has 10 heavy (non-hydrogen) atoms. The molecule has 2 aliphatic carbocycles. The van der Waals surface area contributed by atoms with Gasteiger partial charge in [0.05, 0.1) is 0 Å². The summed E-state index contributed by atoms with van der Waals surface area (Å²) in [6, 6.07) is 0. The van der Waals surface area contributed by atoms with Gasteiger partial charge in [-0.15, -0.1) is 23.2 Å². The first-order chi connectivity index (χ1) is 4.83. The summed E-state index contributed by atoms with van der Waals surface area (Å²) in [5, 5.41) is 0.312. The van der Waals surface area contributed by atoms with Crippen LogP contribution in [0, 0.1) is 17.8 Å². The molecular weight excluding hydrogens is 167 g/mol. The van der Waals surface area contributed by atoms with E-state index >= 15 is 0 Å². The first-order valence-electron chi connectivity index (χ1n) is 3.71. The van der Waals surface area contributed by atoms with Gasteiger partial charge in [0, 0.05) is 11.3 Å². The fourth-order valence-electron chi connectivity index (χ4n) is 2.06. The SMILES string of the molecule is ClCC1C2C=CC(C2)C1Cl. The van der Waals surface area contributed by atoms with Gasteiger partial charge in [-0.1, -0.05) is 12.2 Å². The lowest BCUT2D eigenvalue weighted by molar-refractivity contribution is 0.505. The Labute approximate surface area is 71.2 Å². The zero-order chi connectivity index (χ0) is 7.14. The third-order valence-electron chi connectivity index (χ3n) is 2.70. The highest BCUT2D eigenvalue weighted by Gasteiger charge is 2.42. The Kier molecular flexibility index (Phi) is 1.69. The van der Waals surface area contributed by atoms with Crippen LogP contribution in [0.15, 0.2) is 12.2 Å². The van der Waals surface area contributed by atoms with E-state index in [9.17, 15) is 0 Å². The zero-order valence-electron chi connectivity index (χ0n) is 5.63. The molecule has 4 unspecified atom stereocenters. The van der Waals surface area contributed by atoms with Crippen LogP contribution in [-0.2, 0) is 0 Å². The Balaban J connectivity index is 2.18. The summed E-state index contributed by atoms with van der Waals surface area (Å²) in [7, 11) is 0. The molecule has 0 aromatic heterocycles. The summed E-state index contributed by atoms with van der Waals surface area (Å²) < 4.78 is 0. The Hall–Kier alpha value is 0.320. The molecule has 0 heterocycles. The molecule has 56 valence electrons. The van der Waals surface area contributed by atoms with Gasteiger partial charge in [0.1, 0.15) is 0 Å². The Morgan fingerprint density at radius 3 is 2.40 bits per heavy atom. The highest BCUT2D eigenvalue weighted by Crippen LogP contribution is 2.46. The molecule has 0 aromatic rings. The minimum Gasteiger partial charge on any atom is -0.126 e. The third-order valence-corrected chi connectivity index (χ3v) is 3.70. The van der Waals surface area contributed by atoms with Crippen LogP contribution in [-0.4, -0.2) is 11.3 Å². The van der Waals surface area contributed by atoms with Gasteiger partial charge in [0.25, 0.3) is 0 Å². The van der Waals surface area contributed by atoms with Gasteiger partial charge in [-0.2, -0.15) is 0 Å². The van der Waals surface area contributed by atoms with Gasteiger partial charge in [0.15, 0.2) is 0 Å². The molecule has 1 fully saturated rings. The lowest BCUT2D eigenvalue weighted by Crippen LogP contribution is -2.20. The number of rotatable bonds is 1. The van der Waals surface area contributed by atoms with Gasteiger partial charge in [-0.25, -0.2) is 0 Å². The van der Waals surface area contributed by atoms with E-state index < -0.39 is 0 Å². The Morgan fingerprint density at radius 2 is 2.00 bits per heavy atom. The van der Waals surface area contributed by atoms with Crippen molar-refractivity contribution >= 4 is 23.2 Å². The largest absolute Gasteiger partial charge is 0.126 e. The predicted octanol–water partition coefficient (Wildman–Crippen LogP) is 2.65. The molecule has 0 spiro atoms. The molecule has 2 aliphatic rings. The summed E-state index contributed by atoms with van der Waals surface area (Å²) in [6.07, 6.45) is 5.76. The van der Waals surface area contributed by atoms with Crippen LogP contribution in [0.4, 0.5) is 0 Å². The van der Waals surface area contributed by atoms with E-state index in [4.69, 9.17) is 23.2 Å². The smallest absolute Gasteiger partial charge is 0.0444 e. The first-order valence-corrected chi connectivity index (χ1v) is 4.68. The quantitative estimate of drug-likeness (QED) is 0.426. The summed E-state index contributed by atoms with van der Waals surface area (Å²) >= 11 is 11.9. The van der Waals surface area contributed by atoms with Crippen LogP contribution in [0.5, 0.6) is 0 Å². The van der Waals surface area contributed by atoms with E-state index in [1.54, 1.807) is 0 Å². The van der Waals surface area contributed by atoms with Crippen LogP contribution in [0.25, 0.3) is 0 Å². The van der Waals surface area contributed by atoms with Crippen LogP contribution < -0.4 is 0 Å². The molecule has 2 bridgehead atoms. The van der Waals surface area contributed by atoms with Crippen molar-refractivity contribution in [3.05, 3.63) is 12.2 Å². The molecule has 4 atom stereocenters. The highest BCUT2D eigenvalue weighted by atomic mass is 35.5. The first kappa shape index (κ1) is 7.00. The molecule has 0 amide bonds. The Morgan fingerprint density at radius 1 is 1.30 bits per heavy atom. The van der Waals surface area contributed by atoms with E-state index in [0.717, 1.165) is 5.88 Å². The van der Waals surface area contributed by atoms with Crippen molar-refractivity contribution in [1.29, 1.82) is 0 Å². The van der Waals surface area contributed by atoms with Crippen LogP contribution in [0.1, 0.15) is 6.42 Å². The fraction of sp³-hybridized carbons (Fsp3) is 0.750. The molecule has 2 rings (SSSR count). The summed E-state index contributed by atoms with van der Waals surface area (Å²) in [6.45, 7) is 0. The molecule has 1 saturated carbocycles. The predicted molar refractivity (Wildman–Crippen MR) is 44.6 cm³/mol. The minimum atomic E-state index is 0.312. The average molecular weight is 177 g/mol. The molecule has 0 saturated heterocycles. The maximum Gasteiger partial charge on any atom is 0.0444 e. The fourth-order valence-corrected chi connectivity index (χ4v) is 3.04. The number of alkyl halides is 2. The van der Waals surface area contributed by atoms with Gasteiger partial charge >= 0.3 is 0 Å². The molecule has 0 aliphatic heterocycles. The number of allylic oxidation sites excluding steroid dienone is 2. The molecule has 2 heteroatoms. The van der Waals surface area contributed by atoms with Gasteiger partial charge < -0.3 is 0 Å². The number of hydrogen-bond donors (Lipinski definition) is 0. The van der Waals surface area contributed by atoms with E-state index in [-0.39, 0.29) is 0 Å². The monoisotopic (exact) mass is 176 g/mol. The second kappa shape index (κ2) is 2.42. The van der Waals surface area contributed by atoms with Crippen molar-refractivity contribution in [3.8, 4) is 0 Å². The lowest BCUT2D eigenvalue weighted by atomic mass is 9.95. The maximum absolute atomic E-state index is 6.14. The lowest BCUT2D eigenvalue weighted by Gasteiger charge is -2.19. The number of fused-ring (bicyclic) bond motifs is 2. The average Bonchev–Trinajstić information content (AvgIpc) is 2.46. The second-order valence-corrected chi connectivity index (χ2v) is 4.02. The van der Waals surface area contributed by atoms with Crippen LogP contribution in [0.3, 0.4) is 0 Å². The molecule has 0 N–H and O–H groups in total. The molecule has 0 aromatic carbocycles. The summed E-state index contributed by atoms with van der Waals surface area (Å²) in [5.41, 5.74) is 0. The van der Waals surface area contributed by atoms with Crippen molar-refractivity contribution in [2.45, 2.75) is 11.8 Å². The Bertz CT molecular complexity index is 165. The van der Waals surface area contributed by atoms with Gasteiger partial charge in [-0.05, 0) is 24.2 Å². The topological polar surface area (TPSA) is 0 Å². The van der Waals surface area contributed by atoms with E-state index in [1.165, 1.54) is 6.42 Å². The van der Waals surface area contributed by atoms with E-state index in [1.807, 2.05) is 0 Å². The van der Waals surface area contributed by atoms with Crippen molar-refractivity contribution in [1.82, 2.24) is 0 Å². The zero-order valence-corrected chi connectivity index (χ0v) is 7.15. The molecule has 0 nitrogen and oxygen atoms in total. The second-order valence-electron chi connectivity index (χ2n) is 3.21. The minimum absolute atomic E-state index is 0.312. The van der Waals surface area contributed by atoms with Crippen molar-refractivity contribution in [2.24, 2.45) is 17.8 Å². The third kappa shape index (κ3) is 0.820. The normalized spacial score (nSPS) is 50.6. The number of hydrogen-bond acceptors (Lipinski definition) is 0. The molecular formula is C8H10Cl2. The standard InChI is InChI=1S/C8H10Cl2/c9-4-7-5-1-2-6(3-5)8(7)10/h1-2,5-8H,3-4H2. The maximum atomic E-state index is 6.14. The van der Waals surface area contributed by atoms with E-state index in [0.29, 0.717) is 23.1 Å². The van der Waals surface area contributed by atoms with Gasteiger partial charge in [0.2, 0.25) is 0 Å². The number of halogens is 2. The van der Waals surface area contributed by atoms with Crippen LogP contribution >= 0.6 is 23.2 Å². The summed E-state index contributed by atoms with van der Waals surface area (Å²) in [4.78, 5) is 0. The summed E-state index contributed by atoms with van der Waals surface area (Å²) in [5.74, 6) is 2.57. The van der Waals surface area contributed by atoms with Gasteiger partial charge in [-0.3, -0.25) is 0 Å². The van der Waals surface area contributed by atoms with E-state index in [2.05, 4.69) is 12.2 Å².